The second-order valence-electron chi connectivity index (χ2n) is 23.4. The summed E-state index contributed by atoms with van der Waals surface area (Å²) < 4.78 is 31.2. The molecule has 73 heavy (non-hydrogen) atoms. The van der Waals surface area contributed by atoms with Crippen molar-refractivity contribution in [3.63, 3.8) is 0 Å². The van der Waals surface area contributed by atoms with Crippen LogP contribution in [-0.4, -0.2) is 20.0 Å². The lowest BCUT2D eigenvalue weighted by Crippen LogP contribution is -2.32. The summed E-state index contributed by atoms with van der Waals surface area (Å²) in [7, 11) is -3.85. The molecule has 2 N–H and O–H groups in total. The number of hydrogen-bond donors (Lipinski definition) is 1. The lowest BCUT2D eigenvalue weighted by Gasteiger charge is -2.32. The molecule has 1 spiro atoms. The van der Waals surface area contributed by atoms with Crippen LogP contribution in [-0.2, 0) is 19.6 Å². The van der Waals surface area contributed by atoms with Crippen LogP contribution in [0.2, 0.25) is 0 Å². The Labute approximate surface area is 451 Å². The fraction of sp³-hybridized carbons (Fsp3) is 0.776. The van der Waals surface area contributed by atoms with Crippen molar-refractivity contribution in [1.82, 2.24) is 0 Å². The first-order valence-corrected chi connectivity index (χ1v) is 33.6. The van der Waals surface area contributed by atoms with E-state index in [1.165, 1.54) is 289 Å². The van der Waals surface area contributed by atoms with Gasteiger partial charge in [0.15, 0.2) is 0 Å². The smallest absolute Gasteiger partial charge is 0.340 e. The van der Waals surface area contributed by atoms with Gasteiger partial charge in [-0.1, -0.05) is 344 Å². The Morgan fingerprint density at radius 1 is 0.315 bits per heavy atom. The van der Waals surface area contributed by atoms with Crippen molar-refractivity contribution in [2.75, 3.05) is 0 Å². The number of sulfonamides is 1. The Morgan fingerprint density at radius 3 is 0.781 bits per heavy atom. The SMILES string of the molecule is NS(=O)(=O)c1ccc(C2=C(c3ccccc3)C(=O)OC23CCCCCCCCCCCCCCCCCCCCCCCCCCCCCCCCCCCCCCCCCCCCCCCCCCC3)cc1. The van der Waals surface area contributed by atoms with E-state index in [4.69, 9.17) is 9.88 Å². The van der Waals surface area contributed by atoms with E-state index in [0.29, 0.717) is 5.57 Å². The molecular formula is C67H113NO4S. The Bertz CT molecular complexity index is 1720. The van der Waals surface area contributed by atoms with Gasteiger partial charge >= 0.3 is 5.97 Å². The van der Waals surface area contributed by atoms with E-state index in [-0.39, 0.29) is 10.9 Å². The predicted molar refractivity (Wildman–Crippen MR) is 315 cm³/mol. The number of carbonyl (C=O) groups is 1. The van der Waals surface area contributed by atoms with Crippen molar-refractivity contribution in [3.05, 3.63) is 65.7 Å². The van der Waals surface area contributed by atoms with Gasteiger partial charge in [-0.25, -0.2) is 18.4 Å². The zero-order valence-electron chi connectivity index (χ0n) is 47.4. The van der Waals surface area contributed by atoms with Crippen molar-refractivity contribution >= 4 is 27.1 Å². The summed E-state index contributed by atoms with van der Waals surface area (Å²) in [5, 5.41) is 5.53. The number of ether oxygens (including phenoxy) is 1. The second kappa shape index (κ2) is 41.7. The molecule has 0 unspecified atom stereocenters. The molecule has 0 saturated heterocycles. The summed E-state index contributed by atoms with van der Waals surface area (Å²) >= 11 is 0. The summed E-state index contributed by atoms with van der Waals surface area (Å²) in [6, 6.07) is 16.7. The first-order chi connectivity index (χ1) is 35.9. The number of carbonyl (C=O) groups excluding carboxylic acids is 1. The molecule has 0 aromatic heterocycles. The van der Waals surface area contributed by atoms with Gasteiger partial charge in [0, 0.05) is 5.57 Å². The average Bonchev–Trinajstić information content (AvgIpc) is 3.68. The maximum Gasteiger partial charge on any atom is 0.340 e. The molecule has 2 aromatic rings. The van der Waals surface area contributed by atoms with E-state index in [1.807, 2.05) is 42.5 Å². The molecule has 1 saturated carbocycles. The molecule has 2 aliphatic rings. The number of esters is 1. The number of benzene rings is 2. The molecular weight excluding hydrogens is 915 g/mol. The van der Waals surface area contributed by atoms with Crippen LogP contribution in [0.25, 0.3) is 11.1 Å². The van der Waals surface area contributed by atoms with Crippen molar-refractivity contribution in [2.45, 2.75) is 338 Å². The molecule has 4 rings (SSSR count). The van der Waals surface area contributed by atoms with Crippen LogP contribution < -0.4 is 5.14 Å². The van der Waals surface area contributed by atoms with Crippen LogP contribution >= 0.6 is 0 Å². The quantitative estimate of drug-likeness (QED) is 0.310. The van der Waals surface area contributed by atoms with Crippen LogP contribution in [0.4, 0.5) is 0 Å². The van der Waals surface area contributed by atoms with Crippen molar-refractivity contribution in [2.24, 2.45) is 5.14 Å². The van der Waals surface area contributed by atoms with Crippen molar-refractivity contribution < 1.29 is 17.9 Å². The number of primary sulfonamides is 1. The highest BCUT2D eigenvalue weighted by atomic mass is 32.2. The molecule has 1 heterocycles. The number of rotatable bonds is 3. The van der Waals surface area contributed by atoms with Crippen LogP contribution in [0, 0.1) is 0 Å². The summed E-state index contributed by atoms with van der Waals surface area (Å²) in [6.07, 6.45) is 69.2. The molecule has 5 nitrogen and oxygen atoms in total. The van der Waals surface area contributed by atoms with Crippen molar-refractivity contribution in [1.29, 1.82) is 0 Å². The molecule has 1 fully saturated rings. The molecule has 416 valence electrons. The van der Waals surface area contributed by atoms with Gasteiger partial charge in [-0.3, -0.25) is 0 Å². The van der Waals surface area contributed by atoms with Gasteiger partial charge in [0.1, 0.15) is 5.60 Å². The van der Waals surface area contributed by atoms with Gasteiger partial charge in [0.2, 0.25) is 10.0 Å². The number of nitrogens with two attached hydrogens (primary N) is 1. The van der Waals surface area contributed by atoms with Gasteiger partial charge in [0.25, 0.3) is 0 Å². The van der Waals surface area contributed by atoms with E-state index in [1.54, 1.807) is 12.1 Å². The Kier molecular flexibility index (Phi) is 36.0. The maximum absolute atomic E-state index is 14.1. The highest BCUT2D eigenvalue weighted by molar-refractivity contribution is 7.89. The third kappa shape index (κ3) is 29.0. The van der Waals surface area contributed by atoms with Crippen LogP contribution in [0.3, 0.4) is 0 Å². The molecule has 2 aromatic carbocycles. The Balaban J connectivity index is 1.21. The van der Waals surface area contributed by atoms with Gasteiger partial charge in [-0.2, -0.15) is 0 Å². The van der Waals surface area contributed by atoms with Gasteiger partial charge in [0.05, 0.1) is 10.5 Å². The Hall–Kier alpha value is -2.44. The first-order valence-electron chi connectivity index (χ1n) is 32.1. The minimum Gasteiger partial charge on any atom is -0.451 e. The zero-order chi connectivity index (χ0) is 51.6. The van der Waals surface area contributed by atoms with E-state index in [0.717, 1.165) is 55.2 Å². The monoisotopic (exact) mass is 1030 g/mol. The number of hydrogen-bond acceptors (Lipinski definition) is 4. The summed E-state index contributed by atoms with van der Waals surface area (Å²) in [6.45, 7) is 0. The third-order valence-electron chi connectivity index (χ3n) is 16.9. The first kappa shape index (κ1) is 63.1. The maximum atomic E-state index is 14.1. The largest absolute Gasteiger partial charge is 0.451 e. The molecule has 6 heteroatoms. The predicted octanol–water partition coefficient (Wildman–Crippen LogP) is 21.4. The topological polar surface area (TPSA) is 86.5 Å². The second-order valence-corrected chi connectivity index (χ2v) is 25.0. The van der Waals surface area contributed by atoms with Crippen molar-refractivity contribution in [3.8, 4) is 0 Å². The molecule has 1 aliphatic heterocycles. The Morgan fingerprint density at radius 2 is 0.548 bits per heavy atom. The van der Waals surface area contributed by atoms with E-state index < -0.39 is 15.6 Å². The standard InChI is InChI=1S/C67H113NO4S/c68-73(70,71)63-57-55-62(56-58-63)65-64(61-53-49-48-50-54-61)66(69)72-67(65)59-51-46-44-42-40-38-36-34-32-30-28-26-24-22-20-18-16-14-12-10-8-6-4-2-1-3-5-7-9-11-13-15-17-19-21-23-25-27-29-31-33-35-37-39-41-43-45-47-52-60-67/h48-50,53-58H,1-47,51-52,59-60H2,(H2,68,70,71). The summed E-state index contributed by atoms with van der Waals surface area (Å²) in [5.41, 5.74) is 2.48. The molecule has 1 aliphatic carbocycles. The lowest BCUT2D eigenvalue weighted by atomic mass is 9.78. The highest BCUT2D eigenvalue weighted by Gasteiger charge is 2.47. The van der Waals surface area contributed by atoms with Crippen LogP contribution in [0.1, 0.15) is 339 Å². The molecule has 0 atom stereocenters. The third-order valence-corrected chi connectivity index (χ3v) is 17.8. The van der Waals surface area contributed by atoms with E-state index in [9.17, 15) is 13.2 Å². The minimum absolute atomic E-state index is 0.0786. The minimum atomic E-state index is -3.85. The van der Waals surface area contributed by atoms with Gasteiger partial charge in [-0.15, -0.1) is 0 Å². The highest BCUT2D eigenvalue weighted by Crippen LogP contribution is 2.49. The van der Waals surface area contributed by atoms with Crippen LogP contribution in [0.5, 0.6) is 0 Å². The summed E-state index contributed by atoms with van der Waals surface area (Å²) in [4.78, 5) is 14.2. The average molecular weight is 1030 g/mol. The van der Waals surface area contributed by atoms with E-state index in [2.05, 4.69) is 0 Å². The zero-order valence-corrected chi connectivity index (χ0v) is 48.2. The fourth-order valence-electron chi connectivity index (χ4n) is 12.3. The van der Waals surface area contributed by atoms with Crippen LogP contribution in [0.15, 0.2) is 59.5 Å². The van der Waals surface area contributed by atoms with Gasteiger partial charge in [-0.05, 0) is 48.9 Å². The normalized spacial score (nSPS) is 22.3. The van der Waals surface area contributed by atoms with Gasteiger partial charge < -0.3 is 4.74 Å². The fourth-order valence-corrected chi connectivity index (χ4v) is 12.8. The molecule has 0 bridgehead atoms. The molecule has 0 amide bonds. The summed E-state index contributed by atoms with van der Waals surface area (Å²) in [5.74, 6) is -0.267. The van der Waals surface area contributed by atoms with E-state index >= 15 is 0 Å². The molecule has 0 radical (unpaired) electrons. The lowest BCUT2D eigenvalue weighted by molar-refractivity contribution is -0.145.